The molecule has 0 saturated carbocycles. The average molecular weight is 281 g/mol. The monoisotopic (exact) mass is 280 g/mol. The van der Waals surface area contributed by atoms with E-state index in [0.29, 0.717) is 5.84 Å². The molecule has 2 rings (SSSR count). The molecule has 0 atom stereocenters. The van der Waals surface area contributed by atoms with Crippen molar-refractivity contribution in [1.82, 2.24) is 4.90 Å². The summed E-state index contributed by atoms with van der Waals surface area (Å²) in [5.74, 6) is 0.719. The molecular formula is C14H21ClN4. The number of alkyl halides is 1. The number of likely N-dealkylation sites (N-methyl/N-ethyl adjacent to an activating group) is 1. The highest BCUT2D eigenvalue weighted by Crippen LogP contribution is 2.25. The van der Waals surface area contributed by atoms with E-state index in [0.717, 1.165) is 37.4 Å². The number of amidine groups is 1. The first kappa shape index (κ1) is 14.2. The van der Waals surface area contributed by atoms with Gasteiger partial charge in [-0.1, -0.05) is 0 Å². The lowest BCUT2D eigenvalue weighted by atomic mass is 10.1. The van der Waals surface area contributed by atoms with Crippen molar-refractivity contribution in [3.63, 3.8) is 0 Å². The second kappa shape index (κ2) is 6.26. The van der Waals surface area contributed by atoms with Crippen molar-refractivity contribution in [3.05, 3.63) is 23.8 Å². The van der Waals surface area contributed by atoms with Gasteiger partial charge in [0.2, 0.25) is 0 Å². The van der Waals surface area contributed by atoms with Gasteiger partial charge in [-0.15, -0.1) is 11.6 Å². The fourth-order valence-corrected chi connectivity index (χ4v) is 2.27. The summed E-state index contributed by atoms with van der Waals surface area (Å²) >= 11 is 5.65. The number of aryl methyl sites for hydroxylation is 1. The minimum absolute atomic E-state index is 0.264. The van der Waals surface area contributed by atoms with Gasteiger partial charge in [0, 0.05) is 31.9 Å². The molecule has 1 aliphatic heterocycles. The van der Waals surface area contributed by atoms with Crippen molar-refractivity contribution in [2.45, 2.75) is 6.92 Å². The molecule has 0 amide bonds. The Morgan fingerprint density at radius 1 is 1.32 bits per heavy atom. The molecule has 1 aliphatic rings. The lowest BCUT2D eigenvalue weighted by molar-refractivity contribution is 0.313. The molecule has 0 unspecified atom stereocenters. The summed E-state index contributed by atoms with van der Waals surface area (Å²) in [6, 6.07) is 6.30. The third-order valence-corrected chi connectivity index (χ3v) is 3.72. The van der Waals surface area contributed by atoms with E-state index in [4.69, 9.17) is 17.3 Å². The van der Waals surface area contributed by atoms with E-state index in [1.54, 1.807) is 0 Å². The molecular weight excluding hydrogens is 260 g/mol. The Morgan fingerprint density at radius 3 is 2.58 bits per heavy atom. The minimum atomic E-state index is 0.264. The number of aliphatic imine (C=N–C) groups is 1. The number of nitrogens with two attached hydrogens (primary N) is 1. The molecule has 1 aromatic carbocycles. The Bertz CT molecular complexity index is 465. The van der Waals surface area contributed by atoms with Gasteiger partial charge in [0.15, 0.2) is 0 Å². The molecule has 0 radical (unpaired) electrons. The van der Waals surface area contributed by atoms with Crippen molar-refractivity contribution in [1.29, 1.82) is 0 Å². The molecule has 4 nitrogen and oxygen atoms in total. The quantitative estimate of drug-likeness (QED) is 0.523. The highest BCUT2D eigenvalue weighted by molar-refractivity contribution is 6.28. The number of piperazine rings is 1. The minimum Gasteiger partial charge on any atom is -0.386 e. The van der Waals surface area contributed by atoms with Crippen LogP contribution in [0.1, 0.15) is 5.56 Å². The summed E-state index contributed by atoms with van der Waals surface area (Å²) in [7, 11) is 2.16. The molecule has 1 aromatic rings. The Morgan fingerprint density at radius 2 is 2.00 bits per heavy atom. The molecule has 5 heteroatoms. The van der Waals surface area contributed by atoms with Gasteiger partial charge in [-0.05, 0) is 37.7 Å². The van der Waals surface area contributed by atoms with E-state index in [2.05, 4.69) is 40.9 Å². The maximum absolute atomic E-state index is 5.67. The van der Waals surface area contributed by atoms with Gasteiger partial charge < -0.3 is 15.5 Å². The first-order chi connectivity index (χ1) is 9.10. The van der Waals surface area contributed by atoms with E-state index in [1.165, 1.54) is 5.69 Å². The van der Waals surface area contributed by atoms with Crippen LogP contribution in [-0.2, 0) is 0 Å². The lowest BCUT2D eigenvalue weighted by Gasteiger charge is -2.34. The third-order valence-electron chi connectivity index (χ3n) is 3.45. The standard InChI is InChI=1S/C14H21ClN4/c1-11-9-12(19-7-5-18(2)6-8-19)3-4-13(11)17-14(16)10-15/h3-4,9H,5-8,10H2,1-2H3,(H2,16,17). The molecule has 0 spiro atoms. The van der Waals surface area contributed by atoms with Crippen LogP contribution in [0, 0.1) is 6.92 Å². The highest BCUT2D eigenvalue weighted by Gasteiger charge is 2.14. The number of halogens is 1. The fourth-order valence-electron chi connectivity index (χ4n) is 2.21. The van der Waals surface area contributed by atoms with Crippen LogP contribution in [0.5, 0.6) is 0 Å². The molecule has 104 valence electrons. The largest absolute Gasteiger partial charge is 0.386 e. The van der Waals surface area contributed by atoms with E-state index in [9.17, 15) is 0 Å². The number of benzene rings is 1. The Hall–Kier alpha value is -1.26. The predicted octanol–water partition coefficient (Wildman–Crippen LogP) is 1.97. The maximum Gasteiger partial charge on any atom is 0.115 e. The first-order valence-corrected chi connectivity index (χ1v) is 7.06. The summed E-state index contributed by atoms with van der Waals surface area (Å²) in [4.78, 5) is 9.07. The normalized spacial score (nSPS) is 17.8. The molecule has 1 saturated heterocycles. The van der Waals surface area contributed by atoms with Crippen LogP contribution in [0.25, 0.3) is 0 Å². The first-order valence-electron chi connectivity index (χ1n) is 6.53. The number of nitrogens with zero attached hydrogens (tertiary/aromatic N) is 3. The fraction of sp³-hybridized carbons (Fsp3) is 0.500. The summed E-state index contributed by atoms with van der Waals surface area (Å²) in [5.41, 5.74) is 8.96. The average Bonchev–Trinajstić information content (AvgIpc) is 2.41. The van der Waals surface area contributed by atoms with Crippen molar-refractivity contribution in [2.75, 3.05) is 44.0 Å². The summed E-state index contributed by atoms with van der Waals surface area (Å²) in [5, 5.41) is 0. The van der Waals surface area contributed by atoms with Crippen molar-refractivity contribution in [3.8, 4) is 0 Å². The van der Waals surface area contributed by atoms with Crippen LogP contribution in [0.4, 0.5) is 11.4 Å². The zero-order valence-electron chi connectivity index (χ0n) is 11.6. The highest BCUT2D eigenvalue weighted by atomic mass is 35.5. The summed E-state index contributed by atoms with van der Waals surface area (Å²) in [6.45, 7) is 6.42. The Kier molecular flexibility index (Phi) is 4.66. The van der Waals surface area contributed by atoms with Gasteiger partial charge >= 0.3 is 0 Å². The van der Waals surface area contributed by atoms with E-state index >= 15 is 0 Å². The molecule has 0 aliphatic carbocycles. The van der Waals surface area contributed by atoms with Gasteiger partial charge in [-0.3, -0.25) is 0 Å². The van der Waals surface area contributed by atoms with Gasteiger partial charge in [0.25, 0.3) is 0 Å². The van der Waals surface area contributed by atoms with Gasteiger partial charge in [0.05, 0.1) is 11.6 Å². The van der Waals surface area contributed by atoms with Crippen LogP contribution in [0.3, 0.4) is 0 Å². The van der Waals surface area contributed by atoms with Crippen molar-refractivity contribution < 1.29 is 0 Å². The number of anilines is 1. The zero-order valence-corrected chi connectivity index (χ0v) is 12.3. The lowest BCUT2D eigenvalue weighted by Crippen LogP contribution is -2.44. The van der Waals surface area contributed by atoms with Crippen LogP contribution in [-0.4, -0.2) is 49.8 Å². The summed E-state index contributed by atoms with van der Waals surface area (Å²) < 4.78 is 0. The third kappa shape index (κ3) is 3.61. The molecule has 19 heavy (non-hydrogen) atoms. The molecule has 1 heterocycles. The Balaban J connectivity index is 2.15. The molecule has 2 N–H and O–H groups in total. The predicted molar refractivity (Wildman–Crippen MR) is 82.9 cm³/mol. The number of hydrogen-bond donors (Lipinski definition) is 1. The second-order valence-corrected chi connectivity index (χ2v) is 5.27. The second-order valence-electron chi connectivity index (χ2n) is 5.00. The van der Waals surface area contributed by atoms with Crippen molar-refractivity contribution in [2.24, 2.45) is 10.7 Å². The van der Waals surface area contributed by atoms with E-state index < -0.39 is 0 Å². The SMILES string of the molecule is Cc1cc(N2CCN(C)CC2)ccc1N=C(N)CCl. The van der Waals surface area contributed by atoms with Crippen LogP contribution in [0.15, 0.2) is 23.2 Å². The van der Waals surface area contributed by atoms with Crippen molar-refractivity contribution >= 4 is 28.8 Å². The van der Waals surface area contributed by atoms with E-state index in [1.807, 2.05) is 6.07 Å². The van der Waals surface area contributed by atoms with Crippen LogP contribution >= 0.6 is 11.6 Å². The number of hydrogen-bond acceptors (Lipinski definition) is 3. The summed E-state index contributed by atoms with van der Waals surface area (Å²) in [6.07, 6.45) is 0. The van der Waals surface area contributed by atoms with Gasteiger partial charge in [-0.2, -0.15) is 0 Å². The van der Waals surface area contributed by atoms with Gasteiger partial charge in [0.1, 0.15) is 5.84 Å². The number of rotatable bonds is 3. The molecule has 0 aromatic heterocycles. The maximum atomic E-state index is 5.67. The molecule has 0 bridgehead atoms. The topological polar surface area (TPSA) is 44.9 Å². The smallest absolute Gasteiger partial charge is 0.115 e. The van der Waals surface area contributed by atoms with Crippen LogP contribution < -0.4 is 10.6 Å². The van der Waals surface area contributed by atoms with Gasteiger partial charge in [-0.25, -0.2) is 4.99 Å². The Labute approximate surface area is 119 Å². The van der Waals surface area contributed by atoms with E-state index in [-0.39, 0.29) is 5.88 Å². The zero-order chi connectivity index (χ0) is 13.8. The molecule has 1 fully saturated rings. The van der Waals surface area contributed by atoms with Crippen LogP contribution in [0.2, 0.25) is 0 Å².